The Bertz CT molecular complexity index is 830. The standard InChI is InChI=1S/C20H24N4O2/c1-14(13-16-5-4-12-26-16)21-19(25)15-8-10-24(11-9-15)20-22-17-6-2-3-7-18(17)23-20/h2-7,12,14-15H,8-11,13H2,1H3,(H,21,25)(H,22,23). The van der Waals surface area contributed by atoms with E-state index in [-0.39, 0.29) is 17.9 Å². The van der Waals surface area contributed by atoms with Gasteiger partial charge in [0.25, 0.3) is 0 Å². The number of para-hydroxylation sites is 2. The fraction of sp³-hybridized carbons (Fsp3) is 0.400. The summed E-state index contributed by atoms with van der Waals surface area (Å²) >= 11 is 0. The van der Waals surface area contributed by atoms with Crippen LogP contribution in [0.3, 0.4) is 0 Å². The number of rotatable bonds is 5. The number of benzene rings is 1. The average molecular weight is 352 g/mol. The molecule has 1 atom stereocenters. The quantitative estimate of drug-likeness (QED) is 0.740. The molecule has 3 heterocycles. The number of aromatic amines is 1. The third-order valence-corrected chi connectivity index (χ3v) is 5.02. The molecule has 1 aromatic carbocycles. The van der Waals surface area contributed by atoms with Gasteiger partial charge in [0.05, 0.1) is 17.3 Å². The van der Waals surface area contributed by atoms with Crippen molar-refractivity contribution in [1.29, 1.82) is 0 Å². The Labute approximate surface area is 152 Å². The van der Waals surface area contributed by atoms with Crippen LogP contribution < -0.4 is 10.2 Å². The summed E-state index contributed by atoms with van der Waals surface area (Å²) in [5.74, 6) is 2.01. The number of amides is 1. The van der Waals surface area contributed by atoms with E-state index in [2.05, 4.69) is 20.2 Å². The van der Waals surface area contributed by atoms with Crippen LogP contribution in [-0.2, 0) is 11.2 Å². The van der Waals surface area contributed by atoms with Crippen molar-refractivity contribution in [2.75, 3.05) is 18.0 Å². The van der Waals surface area contributed by atoms with Crippen LogP contribution in [0.4, 0.5) is 5.95 Å². The Balaban J connectivity index is 1.30. The lowest BCUT2D eigenvalue weighted by Gasteiger charge is -2.31. The molecule has 1 amide bonds. The number of imidazole rings is 1. The monoisotopic (exact) mass is 352 g/mol. The summed E-state index contributed by atoms with van der Waals surface area (Å²) < 4.78 is 5.35. The van der Waals surface area contributed by atoms with E-state index >= 15 is 0 Å². The van der Waals surface area contributed by atoms with Gasteiger partial charge in [-0.25, -0.2) is 4.98 Å². The number of fused-ring (bicyclic) bond motifs is 1. The predicted octanol–water partition coefficient (Wildman–Crippen LogP) is 3.12. The first kappa shape index (κ1) is 16.7. The number of carbonyl (C=O) groups excluding carboxylic acids is 1. The van der Waals surface area contributed by atoms with Gasteiger partial charge in [-0.05, 0) is 44.0 Å². The molecular weight excluding hydrogens is 328 g/mol. The van der Waals surface area contributed by atoms with Gasteiger partial charge in [-0.1, -0.05) is 12.1 Å². The molecule has 1 unspecified atom stereocenters. The maximum Gasteiger partial charge on any atom is 0.223 e. The zero-order valence-electron chi connectivity index (χ0n) is 14.9. The molecule has 2 N–H and O–H groups in total. The maximum absolute atomic E-state index is 12.5. The molecule has 0 radical (unpaired) electrons. The molecule has 1 aliphatic heterocycles. The summed E-state index contributed by atoms with van der Waals surface area (Å²) in [7, 11) is 0. The molecule has 0 saturated carbocycles. The van der Waals surface area contributed by atoms with Crippen molar-refractivity contribution >= 4 is 22.9 Å². The SMILES string of the molecule is CC(Cc1ccco1)NC(=O)C1CCN(c2nc3ccccc3[nH]2)CC1. The lowest BCUT2D eigenvalue weighted by Crippen LogP contribution is -2.43. The van der Waals surface area contributed by atoms with Crippen LogP contribution in [0.15, 0.2) is 47.1 Å². The van der Waals surface area contributed by atoms with Crippen LogP contribution >= 0.6 is 0 Å². The van der Waals surface area contributed by atoms with Gasteiger partial charge in [-0.15, -0.1) is 0 Å². The second kappa shape index (κ2) is 7.23. The van der Waals surface area contributed by atoms with Crippen LogP contribution in [0.1, 0.15) is 25.5 Å². The summed E-state index contributed by atoms with van der Waals surface area (Å²) in [6.45, 7) is 3.69. The number of hydrogen-bond donors (Lipinski definition) is 2. The highest BCUT2D eigenvalue weighted by atomic mass is 16.3. The van der Waals surface area contributed by atoms with Crippen molar-refractivity contribution in [1.82, 2.24) is 15.3 Å². The summed E-state index contributed by atoms with van der Waals surface area (Å²) in [4.78, 5) is 22.8. The van der Waals surface area contributed by atoms with E-state index in [1.54, 1.807) is 6.26 Å². The highest BCUT2D eigenvalue weighted by Crippen LogP contribution is 2.23. The fourth-order valence-electron chi connectivity index (χ4n) is 3.58. The molecule has 0 bridgehead atoms. The van der Waals surface area contributed by atoms with E-state index in [1.807, 2.05) is 43.3 Å². The summed E-state index contributed by atoms with van der Waals surface area (Å²) in [6, 6.07) is 11.9. The van der Waals surface area contributed by atoms with Crippen molar-refractivity contribution < 1.29 is 9.21 Å². The number of piperidine rings is 1. The van der Waals surface area contributed by atoms with Crippen molar-refractivity contribution in [2.24, 2.45) is 5.92 Å². The van der Waals surface area contributed by atoms with Gasteiger partial charge < -0.3 is 19.6 Å². The highest BCUT2D eigenvalue weighted by Gasteiger charge is 2.27. The average Bonchev–Trinajstić information content (AvgIpc) is 3.31. The van der Waals surface area contributed by atoms with E-state index in [0.717, 1.165) is 55.1 Å². The van der Waals surface area contributed by atoms with Gasteiger partial charge in [0.2, 0.25) is 11.9 Å². The number of furan rings is 1. The molecule has 6 heteroatoms. The number of hydrogen-bond acceptors (Lipinski definition) is 4. The number of anilines is 1. The molecule has 3 aromatic rings. The number of carbonyl (C=O) groups is 1. The first-order valence-electron chi connectivity index (χ1n) is 9.21. The van der Waals surface area contributed by atoms with Gasteiger partial charge in [0, 0.05) is 31.5 Å². The lowest BCUT2D eigenvalue weighted by molar-refractivity contribution is -0.126. The van der Waals surface area contributed by atoms with E-state index in [0.29, 0.717) is 0 Å². The third-order valence-electron chi connectivity index (χ3n) is 5.02. The molecule has 1 saturated heterocycles. The van der Waals surface area contributed by atoms with E-state index in [1.165, 1.54) is 0 Å². The van der Waals surface area contributed by atoms with Gasteiger partial charge in [-0.2, -0.15) is 0 Å². The summed E-state index contributed by atoms with van der Waals surface area (Å²) in [5.41, 5.74) is 2.03. The molecule has 2 aromatic heterocycles. The van der Waals surface area contributed by atoms with Crippen molar-refractivity contribution in [2.45, 2.75) is 32.2 Å². The Hall–Kier alpha value is -2.76. The number of H-pyrrole nitrogens is 1. The second-order valence-corrected chi connectivity index (χ2v) is 7.03. The first-order chi connectivity index (χ1) is 12.7. The van der Waals surface area contributed by atoms with Crippen LogP contribution in [0, 0.1) is 5.92 Å². The van der Waals surface area contributed by atoms with Gasteiger partial charge >= 0.3 is 0 Å². The zero-order valence-corrected chi connectivity index (χ0v) is 14.9. The molecule has 136 valence electrons. The largest absolute Gasteiger partial charge is 0.469 e. The molecule has 26 heavy (non-hydrogen) atoms. The van der Waals surface area contributed by atoms with Crippen LogP contribution in [0.5, 0.6) is 0 Å². The maximum atomic E-state index is 12.5. The molecule has 0 aliphatic carbocycles. The summed E-state index contributed by atoms with van der Waals surface area (Å²) in [5, 5.41) is 3.12. The van der Waals surface area contributed by atoms with Crippen molar-refractivity contribution in [3.05, 3.63) is 48.4 Å². The minimum Gasteiger partial charge on any atom is -0.469 e. The van der Waals surface area contributed by atoms with Crippen LogP contribution in [-0.4, -0.2) is 35.0 Å². The molecule has 1 aliphatic rings. The Kier molecular flexibility index (Phi) is 4.65. The number of nitrogens with zero attached hydrogens (tertiary/aromatic N) is 2. The van der Waals surface area contributed by atoms with Crippen molar-refractivity contribution in [3.8, 4) is 0 Å². The van der Waals surface area contributed by atoms with E-state index < -0.39 is 0 Å². The van der Waals surface area contributed by atoms with E-state index in [9.17, 15) is 4.79 Å². The molecular formula is C20H24N4O2. The lowest BCUT2D eigenvalue weighted by atomic mass is 9.95. The third kappa shape index (κ3) is 3.59. The Morgan fingerprint density at radius 1 is 1.31 bits per heavy atom. The summed E-state index contributed by atoms with van der Waals surface area (Å²) in [6.07, 6.45) is 4.07. The van der Waals surface area contributed by atoms with E-state index in [4.69, 9.17) is 4.42 Å². The number of aromatic nitrogens is 2. The molecule has 6 nitrogen and oxygen atoms in total. The molecule has 4 rings (SSSR count). The Morgan fingerprint density at radius 3 is 2.85 bits per heavy atom. The predicted molar refractivity (Wildman–Crippen MR) is 101 cm³/mol. The highest BCUT2D eigenvalue weighted by molar-refractivity contribution is 5.80. The minimum atomic E-state index is 0.0645. The van der Waals surface area contributed by atoms with Gasteiger partial charge in [0.15, 0.2) is 0 Å². The molecule has 1 fully saturated rings. The topological polar surface area (TPSA) is 74.2 Å². The van der Waals surface area contributed by atoms with Gasteiger partial charge in [0.1, 0.15) is 5.76 Å². The zero-order chi connectivity index (χ0) is 17.9. The normalized spacial score (nSPS) is 16.7. The fourth-order valence-corrected chi connectivity index (χ4v) is 3.58. The van der Waals surface area contributed by atoms with Gasteiger partial charge in [-0.3, -0.25) is 4.79 Å². The molecule has 0 spiro atoms. The number of nitrogens with one attached hydrogen (secondary N) is 2. The second-order valence-electron chi connectivity index (χ2n) is 7.03. The van der Waals surface area contributed by atoms with Crippen LogP contribution in [0.25, 0.3) is 11.0 Å². The van der Waals surface area contributed by atoms with Crippen LogP contribution in [0.2, 0.25) is 0 Å². The minimum absolute atomic E-state index is 0.0645. The van der Waals surface area contributed by atoms with Crippen molar-refractivity contribution in [3.63, 3.8) is 0 Å². The smallest absolute Gasteiger partial charge is 0.223 e. The Morgan fingerprint density at radius 2 is 2.12 bits per heavy atom. The first-order valence-corrected chi connectivity index (χ1v) is 9.21.